The van der Waals surface area contributed by atoms with Crippen LogP contribution in [0.4, 0.5) is 0 Å². The summed E-state index contributed by atoms with van der Waals surface area (Å²) in [5, 5.41) is 9.10. The maximum atomic E-state index is 9.10. The number of allylic oxidation sites excluding steroid dienone is 2. The summed E-state index contributed by atoms with van der Waals surface area (Å²) in [5.41, 5.74) is 5.64. The van der Waals surface area contributed by atoms with Gasteiger partial charge in [-0.3, -0.25) is 0 Å². The lowest BCUT2D eigenvalue weighted by atomic mass is 9.84. The molecule has 0 aromatic carbocycles. The van der Waals surface area contributed by atoms with Crippen molar-refractivity contribution >= 4 is 0 Å². The summed E-state index contributed by atoms with van der Waals surface area (Å²) in [6.45, 7) is 1.05. The van der Waals surface area contributed by atoms with Crippen molar-refractivity contribution in [3.8, 4) is 0 Å². The van der Waals surface area contributed by atoms with Crippen LogP contribution in [0, 0.1) is 23.7 Å². The molecule has 1 saturated carbocycles. The summed E-state index contributed by atoms with van der Waals surface area (Å²) in [4.78, 5) is 0. The summed E-state index contributed by atoms with van der Waals surface area (Å²) in [5.74, 6) is 2.30. The van der Waals surface area contributed by atoms with Crippen LogP contribution in [0.2, 0.25) is 0 Å². The second-order valence-corrected chi connectivity index (χ2v) is 3.69. The number of rotatable bonds is 2. The zero-order chi connectivity index (χ0) is 7.84. The van der Waals surface area contributed by atoms with Gasteiger partial charge in [-0.05, 0) is 36.6 Å². The fraction of sp³-hybridized carbons (Fsp3) is 0.778. The zero-order valence-electron chi connectivity index (χ0n) is 6.61. The maximum absolute atomic E-state index is 9.10. The van der Waals surface area contributed by atoms with Crippen molar-refractivity contribution in [2.24, 2.45) is 29.4 Å². The molecule has 4 atom stereocenters. The molecule has 2 nitrogen and oxygen atoms in total. The lowest BCUT2D eigenvalue weighted by molar-refractivity contribution is 0.167. The molecule has 0 spiro atoms. The third-order valence-corrected chi connectivity index (χ3v) is 3.28. The Labute approximate surface area is 67.1 Å². The second kappa shape index (κ2) is 2.61. The second-order valence-electron chi connectivity index (χ2n) is 3.69. The van der Waals surface area contributed by atoms with Crippen molar-refractivity contribution in [1.82, 2.24) is 0 Å². The number of aliphatic hydroxyl groups is 1. The number of fused-ring (bicyclic) bond motifs is 2. The van der Waals surface area contributed by atoms with Crippen molar-refractivity contribution < 1.29 is 5.11 Å². The van der Waals surface area contributed by atoms with E-state index >= 15 is 0 Å². The molecule has 2 rings (SSSR count). The van der Waals surface area contributed by atoms with Gasteiger partial charge in [0.15, 0.2) is 0 Å². The minimum Gasteiger partial charge on any atom is -0.396 e. The molecule has 0 radical (unpaired) electrons. The number of aliphatic hydroxyl groups excluding tert-OH is 1. The van der Waals surface area contributed by atoms with Crippen molar-refractivity contribution in [2.45, 2.75) is 6.42 Å². The minimum absolute atomic E-state index is 0.313. The molecule has 62 valence electrons. The van der Waals surface area contributed by atoms with Gasteiger partial charge in [0.2, 0.25) is 0 Å². The molecule has 3 N–H and O–H groups in total. The summed E-state index contributed by atoms with van der Waals surface area (Å²) in [6.07, 6.45) is 5.75. The first-order chi connectivity index (χ1) is 5.36. The number of hydrogen-bond acceptors (Lipinski definition) is 2. The predicted octanol–water partition coefficient (Wildman–Crippen LogP) is 0.376. The van der Waals surface area contributed by atoms with E-state index in [0.29, 0.717) is 30.3 Å². The molecule has 0 saturated heterocycles. The van der Waals surface area contributed by atoms with E-state index in [1.54, 1.807) is 0 Å². The topological polar surface area (TPSA) is 46.2 Å². The van der Waals surface area contributed by atoms with E-state index in [9.17, 15) is 0 Å². The third kappa shape index (κ3) is 0.932. The Morgan fingerprint density at radius 2 is 1.91 bits per heavy atom. The molecule has 2 aliphatic rings. The van der Waals surface area contributed by atoms with Crippen molar-refractivity contribution in [2.75, 3.05) is 13.2 Å². The van der Waals surface area contributed by atoms with Crippen LogP contribution in [0.25, 0.3) is 0 Å². The highest BCUT2D eigenvalue weighted by Crippen LogP contribution is 2.46. The Morgan fingerprint density at radius 1 is 1.27 bits per heavy atom. The van der Waals surface area contributed by atoms with Gasteiger partial charge in [0.05, 0.1) is 0 Å². The van der Waals surface area contributed by atoms with E-state index < -0.39 is 0 Å². The molecule has 0 heterocycles. The highest BCUT2D eigenvalue weighted by Gasteiger charge is 2.42. The van der Waals surface area contributed by atoms with Crippen LogP contribution in [0.15, 0.2) is 12.2 Å². The molecule has 0 aromatic rings. The molecule has 0 aliphatic heterocycles. The largest absolute Gasteiger partial charge is 0.396 e. The van der Waals surface area contributed by atoms with Gasteiger partial charge >= 0.3 is 0 Å². The van der Waals surface area contributed by atoms with Gasteiger partial charge in [-0.1, -0.05) is 12.2 Å². The van der Waals surface area contributed by atoms with Crippen LogP contribution in [-0.2, 0) is 0 Å². The molecular formula is C9H15NO. The fourth-order valence-electron chi connectivity index (χ4n) is 2.65. The van der Waals surface area contributed by atoms with Gasteiger partial charge in [0.25, 0.3) is 0 Å². The van der Waals surface area contributed by atoms with E-state index in [1.165, 1.54) is 6.42 Å². The van der Waals surface area contributed by atoms with E-state index in [2.05, 4.69) is 12.2 Å². The quantitative estimate of drug-likeness (QED) is 0.563. The van der Waals surface area contributed by atoms with Crippen LogP contribution >= 0.6 is 0 Å². The molecule has 2 aliphatic carbocycles. The molecule has 0 amide bonds. The van der Waals surface area contributed by atoms with Gasteiger partial charge in [-0.2, -0.15) is 0 Å². The smallest absolute Gasteiger partial charge is 0.0468 e. The minimum atomic E-state index is 0.313. The van der Waals surface area contributed by atoms with Crippen molar-refractivity contribution in [3.63, 3.8) is 0 Å². The van der Waals surface area contributed by atoms with Gasteiger partial charge in [-0.15, -0.1) is 0 Å². The van der Waals surface area contributed by atoms with E-state index in [4.69, 9.17) is 10.8 Å². The van der Waals surface area contributed by atoms with Gasteiger partial charge in [0, 0.05) is 6.61 Å². The summed E-state index contributed by atoms with van der Waals surface area (Å²) in [7, 11) is 0. The Kier molecular flexibility index (Phi) is 1.74. The standard InChI is InChI=1S/C9H15NO/c10-4-8-6-1-2-7(3-6)9(8)5-11/h1-2,6-9,11H,3-5,10H2/t6-,7+,8-,9+/m0/s1. The van der Waals surface area contributed by atoms with E-state index in [1.807, 2.05) is 0 Å². The molecule has 2 heteroatoms. The Hall–Kier alpha value is -0.340. The zero-order valence-corrected chi connectivity index (χ0v) is 6.61. The molecule has 11 heavy (non-hydrogen) atoms. The van der Waals surface area contributed by atoms with Gasteiger partial charge in [-0.25, -0.2) is 0 Å². The normalized spacial score (nSPS) is 47.1. The van der Waals surface area contributed by atoms with Crippen LogP contribution in [0.5, 0.6) is 0 Å². The molecule has 0 aromatic heterocycles. The first-order valence-electron chi connectivity index (χ1n) is 4.36. The number of nitrogens with two attached hydrogens (primary N) is 1. The Bertz CT molecular complexity index is 160. The third-order valence-electron chi connectivity index (χ3n) is 3.28. The first-order valence-corrected chi connectivity index (χ1v) is 4.36. The monoisotopic (exact) mass is 153 g/mol. The summed E-state index contributed by atoms with van der Waals surface area (Å²) in [6, 6.07) is 0. The lowest BCUT2D eigenvalue weighted by Crippen LogP contribution is -2.29. The first kappa shape index (κ1) is 7.32. The number of hydrogen-bond donors (Lipinski definition) is 2. The maximum Gasteiger partial charge on any atom is 0.0468 e. The average Bonchev–Trinajstić information content (AvgIpc) is 2.60. The Balaban J connectivity index is 2.15. The molecular weight excluding hydrogens is 138 g/mol. The summed E-state index contributed by atoms with van der Waals surface area (Å²) >= 11 is 0. The predicted molar refractivity (Wildman–Crippen MR) is 43.9 cm³/mol. The lowest BCUT2D eigenvalue weighted by Gasteiger charge is -2.24. The molecule has 2 bridgehead atoms. The van der Waals surface area contributed by atoms with Crippen LogP contribution in [0.3, 0.4) is 0 Å². The van der Waals surface area contributed by atoms with Crippen molar-refractivity contribution in [1.29, 1.82) is 0 Å². The highest BCUT2D eigenvalue weighted by molar-refractivity contribution is 5.13. The Morgan fingerprint density at radius 3 is 2.36 bits per heavy atom. The average molecular weight is 153 g/mol. The van der Waals surface area contributed by atoms with Crippen LogP contribution < -0.4 is 5.73 Å². The SMILES string of the molecule is NC[C@@H]1[C@H](CO)[C@@H]2C=C[C@H]1C2. The van der Waals surface area contributed by atoms with Crippen LogP contribution in [0.1, 0.15) is 6.42 Å². The van der Waals surface area contributed by atoms with Gasteiger partial charge < -0.3 is 10.8 Å². The summed E-state index contributed by atoms with van der Waals surface area (Å²) < 4.78 is 0. The van der Waals surface area contributed by atoms with E-state index in [-0.39, 0.29) is 0 Å². The molecule has 0 unspecified atom stereocenters. The van der Waals surface area contributed by atoms with E-state index in [0.717, 1.165) is 6.54 Å². The van der Waals surface area contributed by atoms with Crippen LogP contribution in [-0.4, -0.2) is 18.3 Å². The van der Waals surface area contributed by atoms with Gasteiger partial charge in [0.1, 0.15) is 0 Å². The molecule has 1 fully saturated rings. The highest BCUT2D eigenvalue weighted by atomic mass is 16.3. The van der Waals surface area contributed by atoms with Crippen molar-refractivity contribution in [3.05, 3.63) is 12.2 Å². The fourth-order valence-corrected chi connectivity index (χ4v) is 2.65.